The number of carbonyl (C=O) groups excluding carboxylic acids is 3. The molecule has 1 aromatic carbocycles. The average Bonchev–Trinajstić information content (AvgIpc) is 3.29. The van der Waals surface area contributed by atoms with Crippen molar-refractivity contribution in [3.8, 4) is 0 Å². The molecule has 2 amide bonds. The summed E-state index contributed by atoms with van der Waals surface area (Å²) in [5.41, 5.74) is 1.02. The maximum Gasteiger partial charge on any atom is 0.400 e. The minimum Gasteiger partial charge on any atom is -0.457 e. The van der Waals surface area contributed by atoms with Gasteiger partial charge in [0.1, 0.15) is 6.54 Å². The lowest BCUT2D eigenvalue weighted by Gasteiger charge is -2.23. The van der Waals surface area contributed by atoms with Crippen LogP contribution in [-0.2, 0) is 14.4 Å². The number of oxime groups is 1. The molecule has 0 spiro atoms. The topological polar surface area (TPSA) is 92.4 Å². The lowest BCUT2D eigenvalue weighted by Crippen LogP contribution is -2.42. The van der Waals surface area contributed by atoms with Gasteiger partial charge in [0.2, 0.25) is 11.7 Å². The third kappa shape index (κ3) is 3.59. The first-order valence-electron chi connectivity index (χ1n) is 8.58. The molecule has 3 rings (SSSR count). The summed E-state index contributed by atoms with van der Waals surface area (Å²) >= 11 is 0. The highest BCUT2D eigenvalue weighted by molar-refractivity contribution is 6.54. The molecule has 0 fully saturated rings. The van der Waals surface area contributed by atoms with Gasteiger partial charge in [-0.1, -0.05) is 23.4 Å². The SMILES string of the molecule is CCN(CC)C(=O)CN1C(=O)C(=NOC(=O)c2ccco2)c2ccccc21. The third-order valence-electron chi connectivity index (χ3n) is 4.25. The molecule has 8 heteroatoms. The predicted molar refractivity (Wildman–Crippen MR) is 97.4 cm³/mol. The number of hydrogen-bond acceptors (Lipinski definition) is 6. The van der Waals surface area contributed by atoms with Crippen molar-refractivity contribution in [3.05, 3.63) is 54.0 Å². The smallest absolute Gasteiger partial charge is 0.400 e. The molecular weight excluding hydrogens is 350 g/mol. The number of hydrogen-bond donors (Lipinski definition) is 0. The lowest BCUT2D eigenvalue weighted by molar-refractivity contribution is -0.130. The molecule has 2 aromatic rings. The number of rotatable bonds is 6. The largest absolute Gasteiger partial charge is 0.457 e. The summed E-state index contributed by atoms with van der Waals surface area (Å²) in [5, 5.41) is 3.74. The second kappa shape index (κ2) is 7.86. The Hall–Kier alpha value is -3.42. The number of fused-ring (bicyclic) bond motifs is 1. The van der Waals surface area contributed by atoms with E-state index in [4.69, 9.17) is 9.25 Å². The number of anilines is 1. The van der Waals surface area contributed by atoms with Crippen molar-refractivity contribution in [1.29, 1.82) is 0 Å². The maximum absolute atomic E-state index is 12.8. The van der Waals surface area contributed by atoms with Gasteiger partial charge in [0.15, 0.2) is 5.71 Å². The van der Waals surface area contributed by atoms with Crippen molar-refractivity contribution in [2.45, 2.75) is 13.8 Å². The number of amides is 2. The van der Waals surface area contributed by atoms with Crippen LogP contribution >= 0.6 is 0 Å². The Balaban J connectivity index is 1.85. The number of likely N-dealkylation sites (N-methyl/N-ethyl adjacent to an activating group) is 1. The molecule has 0 saturated carbocycles. The van der Waals surface area contributed by atoms with E-state index in [-0.39, 0.29) is 23.9 Å². The second-order valence-corrected chi connectivity index (χ2v) is 5.77. The highest BCUT2D eigenvalue weighted by Gasteiger charge is 2.36. The van der Waals surface area contributed by atoms with Crippen molar-refractivity contribution in [2.24, 2.45) is 5.16 Å². The highest BCUT2D eigenvalue weighted by atomic mass is 16.7. The van der Waals surface area contributed by atoms with Crippen LogP contribution in [0.15, 0.2) is 52.2 Å². The molecular formula is C19H19N3O5. The fourth-order valence-electron chi connectivity index (χ4n) is 2.85. The van der Waals surface area contributed by atoms with Gasteiger partial charge < -0.3 is 14.2 Å². The van der Waals surface area contributed by atoms with Crippen LogP contribution in [0.5, 0.6) is 0 Å². The summed E-state index contributed by atoms with van der Waals surface area (Å²) in [6, 6.07) is 9.89. The number of nitrogens with zero attached hydrogens (tertiary/aromatic N) is 3. The van der Waals surface area contributed by atoms with E-state index in [0.29, 0.717) is 24.3 Å². The van der Waals surface area contributed by atoms with Gasteiger partial charge in [-0.05, 0) is 32.0 Å². The Morgan fingerprint density at radius 3 is 2.56 bits per heavy atom. The zero-order valence-electron chi connectivity index (χ0n) is 15.0. The summed E-state index contributed by atoms with van der Waals surface area (Å²) in [4.78, 5) is 45.0. The predicted octanol–water partition coefficient (Wildman–Crippen LogP) is 2.06. The van der Waals surface area contributed by atoms with E-state index in [9.17, 15) is 14.4 Å². The third-order valence-corrected chi connectivity index (χ3v) is 4.25. The van der Waals surface area contributed by atoms with Crippen LogP contribution in [0, 0.1) is 0 Å². The van der Waals surface area contributed by atoms with Crippen molar-refractivity contribution in [2.75, 3.05) is 24.5 Å². The van der Waals surface area contributed by atoms with E-state index >= 15 is 0 Å². The fourth-order valence-corrected chi connectivity index (χ4v) is 2.85. The standard InChI is InChI=1S/C19H19N3O5/c1-3-21(4-2)16(23)12-22-14-9-6-5-8-13(14)17(18(22)24)20-27-19(25)15-10-7-11-26-15/h5-11H,3-4,12H2,1-2H3. The number of para-hydroxylation sites is 1. The van der Waals surface area contributed by atoms with Crippen LogP contribution in [0.2, 0.25) is 0 Å². The maximum atomic E-state index is 12.8. The van der Waals surface area contributed by atoms with Crippen molar-refractivity contribution >= 4 is 29.2 Å². The van der Waals surface area contributed by atoms with Gasteiger partial charge in [-0.25, -0.2) is 4.79 Å². The molecule has 1 aromatic heterocycles. The fraction of sp³-hybridized carbons (Fsp3) is 0.263. The molecule has 2 heterocycles. The van der Waals surface area contributed by atoms with Gasteiger partial charge in [0.05, 0.1) is 12.0 Å². The molecule has 140 valence electrons. The minimum atomic E-state index is -0.810. The normalized spacial score (nSPS) is 14.4. The van der Waals surface area contributed by atoms with E-state index in [1.807, 2.05) is 13.8 Å². The summed E-state index contributed by atoms with van der Waals surface area (Å²) in [6.45, 7) is 4.76. The van der Waals surface area contributed by atoms with Crippen LogP contribution in [0.25, 0.3) is 0 Å². The summed E-state index contributed by atoms with van der Waals surface area (Å²) in [7, 11) is 0. The quantitative estimate of drug-likeness (QED) is 0.574. The Kier molecular flexibility index (Phi) is 5.35. The zero-order chi connectivity index (χ0) is 19.4. The molecule has 0 radical (unpaired) electrons. The molecule has 1 aliphatic rings. The van der Waals surface area contributed by atoms with E-state index in [1.54, 1.807) is 35.2 Å². The molecule has 0 unspecified atom stereocenters. The average molecular weight is 369 g/mol. The molecule has 0 atom stereocenters. The molecule has 0 aliphatic carbocycles. The minimum absolute atomic E-state index is 0.0216. The van der Waals surface area contributed by atoms with Gasteiger partial charge in [-0.3, -0.25) is 14.5 Å². The van der Waals surface area contributed by atoms with Crippen LogP contribution in [-0.4, -0.2) is 48.0 Å². The highest BCUT2D eigenvalue weighted by Crippen LogP contribution is 2.29. The Morgan fingerprint density at radius 1 is 1.15 bits per heavy atom. The molecule has 0 saturated heterocycles. The van der Waals surface area contributed by atoms with Gasteiger partial charge in [0.25, 0.3) is 5.91 Å². The zero-order valence-corrected chi connectivity index (χ0v) is 15.0. The van der Waals surface area contributed by atoms with E-state index in [0.717, 1.165) is 0 Å². The van der Waals surface area contributed by atoms with E-state index in [1.165, 1.54) is 17.2 Å². The molecule has 27 heavy (non-hydrogen) atoms. The van der Waals surface area contributed by atoms with Crippen molar-refractivity contribution < 1.29 is 23.6 Å². The summed E-state index contributed by atoms with van der Waals surface area (Å²) in [5.74, 6) is -1.50. The molecule has 0 bridgehead atoms. The van der Waals surface area contributed by atoms with Crippen LogP contribution in [0.1, 0.15) is 30.0 Å². The van der Waals surface area contributed by atoms with Crippen LogP contribution in [0.3, 0.4) is 0 Å². The van der Waals surface area contributed by atoms with E-state index in [2.05, 4.69) is 5.16 Å². The van der Waals surface area contributed by atoms with Crippen LogP contribution in [0.4, 0.5) is 5.69 Å². The monoisotopic (exact) mass is 369 g/mol. The van der Waals surface area contributed by atoms with Gasteiger partial charge in [-0.15, -0.1) is 0 Å². The Bertz CT molecular complexity index is 885. The van der Waals surface area contributed by atoms with Gasteiger partial charge in [0, 0.05) is 18.7 Å². The summed E-state index contributed by atoms with van der Waals surface area (Å²) in [6.07, 6.45) is 1.33. The first-order chi connectivity index (χ1) is 13.1. The molecule has 1 aliphatic heterocycles. The van der Waals surface area contributed by atoms with Crippen molar-refractivity contribution in [3.63, 3.8) is 0 Å². The number of carbonyl (C=O) groups is 3. The Labute approximate surface area is 156 Å². The summed E-state index contributed by atoms with van der Waals surface area (Å²) < 4.78 is 4.94. The van der Waals surface area contributed by atoms with Gasteiger partial charge in [-0.2, -0.15) is 0 Å². The van der Waals surface area contributed by atoms with Crippen LogP contribution < -0.4 is 4.90 Å². The first kappa shape index (κ1) is 18.4. The Morgan fingerprint density at radius 2 is 1.89 bits per heavy atom. The number of furan rings is 1. The first-order valence-corrected chi connectivity index (χ1v) is 8.58. The van der Waals surface area contributed by atoms with Gasteiger partial charge >= 0.3 is 5.97 Å². The van der Waals surface area contributed by atoms with E-state index < -0.39 is 11.9 Å². The van der Waals surface area contributed by atoms with Crippen molar-refractivity contribution in [1.82, 2.24) is 4.90 Å². The molecule has 0 N–H and O–H groups in total. The lowest BCUT2D eigenvalue weighted by atomic mass is 10.1. The second-order valence-electron chi connectivity index (χ2n) is 5.77. The number of benzene rings is 1. The molecule has 8 nitrogen and oxygen atoms in total.